The van der Waals surface area contributed by atoms with Crippen LogP contribution in [0.2, 0.25) is 0 Å². The molecule has 0 aromatic heterocycles. The van der Waals surface area contributed by atoms with Crippen molar-refractivity contribution in [2.75, 3.05) is 20.1 Å². The van der Waals surface area contributed by atoms with E-state index in [1.165, 1.54) is 6.42 Å². The molecule has 0 spiro atoms. The fourth-order valence-corrected chi connectivity index (χ4v) is 2.48. The van der Waals surface area contributed by atoms with Crippen molar-refractivity contribution in [1.29, 1.82) is 0 Å². The molecule has 3 heteroatoms. The van der Waals surface area contributed by atoms with Gasteiger partial charge in [-0.05, 0) is 58.7 Å². The zero-order valence-corrected chi connectivity index (χ0v) is 9.54. The zero-order valence-electron chi connectivity index (χ0n) is 9.54. The van der Waals surface area contributed by atoms with E-state index in [1.54, 1.807) is 0 Å². The van der Waals surface area contributed by atoms with Crippen molar-refractivity contribution < 1.29 is 4.79 Å². The minimum atomic E-state index is 0.266. The first-order chi connectivity index (χ1) is 7.25. The van der Waals surface area contributed by atoms with E-state index in [0.717, 1.165) is 38.8 Å². The van der Waals surface area contributed by atoms with Crippen LogP contribution < -0.4 is 5.32 Å². The van der Waals surface area contributed by atoms with Crippen molar-refractivity contribution >= 4 is 5.91 Å². The van der Waals surface area contributed by atoms with E-state index in [2.05, 4.69) is 23.7 Å². The van der Waals surface area contributed by atoms with Gasteiger partial charge in [0.15, 0.2) is 0 Å². The second kappa shape index (κ2) is 4.97. The molecule has 3 nitrogen and oxygen atoms in total. The minimum absolute atomic E-state index is 0.266. The molecule has 1 aliphatic heterocycles. The molecule has 1 radical (unpaired) electrons. The molecule has 1 amide bonds. The zero-order chi connectivity index (χ0) is 10.7. The number of carbonyl (C=O) groups is 1. The molecule has 1 saturated heterocycles. The van der Waals surface area contributed by atoms with Crippen molar-refractivity contribution in [1.82, 2.24) is 10.2 Å². The second-order valence-electron chi connectivity index (χ2n) is 4.88. The molecule has 2 aliphatic rings. The number of piperidine rings is 1. The van der Waals surface area contributed by atoms with Crippen LogP contribution in [0.1, 0.15) is 32.1 Å². The van der Waals surface area contributed by atoms with E-state index in [9.17, 15) is 4.79 Å². The fraction of sp³-hybridized carbons (Fsp3) is 0.833. The highest BCUT2D eigenvalue weighted by atomic mass is 16.1. The Kier molecular flexibility index (Phi) is 3.62. The molecule has 2 rings (SSSR count). The lowest BCUT2D eigenvalue weighted by Crippen LogP contribution is -2.42. The molecular weight excluding hydrogens is 188 g/mol. The Bertz CT molecular complexity index is 216. The fourth-order valence-electron chi connectivity index (χ4n) is 2.48. The van der Waals surface area contributed by atoms with Crippen LogP contribution in [0.25, 0.3) is 0 Å². The first-order valence-corrected chi connectivity index (χ1v) is 6.06. The highest BCUT2D eigenvalue weighted by Crippen LogP contribution is 2.20. The summed E-state index contributed by atoms with van der Waals surface area (Å²) in [7, 11) is 2.13. The van der Waals surface area contributed by atoms with Crippen molar-refractivity contribution in [3.63, 3.8) is 0 Å². The van der Waals surface area contributed by atoms with E-state index in [0.29, 0.717) is 11.9 Å². The molecule has 1 aliphatic carbocycles. The maximum Gasteiger partial charge on any atom is 0.223 e. The van der Waals surface area contributed by atoms with Gasteiger partial charge in [-0.1, -0.05) is 0 Å². The van der Waals surface area contributed by atoms with Crippen molar-refractivity contribution in [3.05, 3.63) is 6.42 Å². The van der Waals surface area contributed by atoms with Gasteiger partial charge in [-0.2, -0.15) is 0 Å². The molecule has 1 N–H and O–H groups in total. The Labute approximate surface area is 92.2 Å². The molecule has 1 saturated carbocycles. The third-order valence-electron chi connectivity index (χ3n) is 3.61. The summed E-state index contributed by atoms with van der Waals surface area (Å²) in [6.07, 6.45) is 7.70. The minimum Gasteiger partial charge on any atom is -0.353 e. The number of carbonyl (C=O) groups excluding carboxylic acids is 1. The van der Waals surface area contributed by atoms with Gasteiger partial charge in [-0.3, -0.25) is 4.79 Å². The lowest BCUT2D eigenvalue weighted by molar-refractivity contribution is -0.127. The van der Waals surface area contributed by atoms with Crippen LogP contribution in [0, 0.1) is 12.3 Å². The molecule has 15 heavy (non-hydrogen) atoms. The number of rotatable bonds is 2. The Hall–Kier alpha value is -0.570. The number of hydrogen-bond acceptors (Lipinski definition) is 2. The van der Waals surface area contributed by atoms with Crippen LogP contribution in [-0.2, 0) is 4.79 Å². The first-order valence-electron chi connectivity index (χ1n) is 6.06. The van der Waals surface area contributed by atoms with Gasteiger partial charge in [-0.15, -0.1) is 0 Å². The van der Waals surface area contributed by atoms with Crippen LogP contribution in [0.15, 0.2) is 0 Å². The van der Waals surface area contributed by atoms with Crippen molar-refractivity contribution in [3.8, 4) is 0 Å². The number of amides is 1. The summed E-state index contributed by atoms with van der Waals surface area (Å²) >= 11 is 0. The highest BCUT2D eigenvalue weighted by Gasteiger charge is 2.26. The van der Waals surface area contributed by atoms with Gasteiger partial charge >= 0.3 is 0 Å². The Morgan fingerprint density at radius 3 is 2.67 bits per heavy atom. The highest BCUT2D eigenvalue weighted by molar-refractivity contribution is 5.79. The lowest BCUT2D eigenvalue weighted by atomic mass is 9.96. The molecule has 2 fully saturated rings. The second-order valence-corrected chi connectivity index (χ2v) is 4.88. The SMILES string of the molecule is CN1CCC(C(=O)NC2C[CH]CC2)CC1. The average molecular weight is 209 g/mol. The van der Waals surface area contributed by atoms with Crippen LogP contribution in [0.5, 0.6) is 0 Å². The van der Waals surface area contributed by atoms with Gasteiger partial charge in [0, 0.05) is 12.0 Å². The summed E-state index contributed by atoms with van der Waals surface area (Å²) in [6, 6.07) is 0.428. The number of hydrogen-bond donors (Lipinski definition) is 1. The quantitative estimate of drug-likeness (QED) is 0.741. The van der Waals surface area contributed by atoms with Crippen molar-refractivity contribution in [2.45, 2.75) is 38.1 Å². The predicted octanol–water partition coefficient (Wildman–Crippen LogP) is 1.20. The smallest absolute Gasteiger partial charge is 0.223 e. The van der Waals surface area contributed by atoms with Gasteiger partial charge in [0.2, 0.25) is 5.91 Å². The van der Waals surface area contributed by atoms with E-state index in [4.69, 9.17) is 0 Å². The third-order valence-corrected chi connectivity index (χ3v) is 3.61. The van der Waals surface area contributed by atoms with Gasteiger partial charge < -0.3 is 10.2 Å². The summed E-state index contributed by atoms with van der Waals surface area (Å²) in [6.45, 7) is 2.13. The molecule has 0 aromatic carbocycles. The van der Waals surface area contributed by atoms with E-state index < -0.39 is 0 Å². The topological polar surface area (TPSA) is 32.3 Å². The molecule has 1 heterocycles. The largest absolute Gasteiger partial charge is 0.353 e. The number of nitrogens with one attached hydrogen (secondary N) is 1. The molecule has 1 unspecified atom stereocenters. The van der Waals surface area contributed by atoms with E-state index in [1.807, 2.05) is 0 Å². The van der Waals surface area contributed by atoms with E-state index in [-0.39, 0.29) is 5.92 Å². The summed E-state index contributed by atoms with van der Waals surface area (Å²) in [4.78, 5) is 14.2. The average Bonchev–Trinajstić information content (AvgIpc) is 2.71. The molecule has 0 bridgehead atoms. The van der Waals surface area contributed by atoms with Gasteiger partial charge in [-0.25, -0.2) is 0 Å². The van der Waals surface area contributed by atoms with Crippen LogP contribution in [0.4, 0.5) is 0 Å². The third kappa shape index (κ3) is 2.94. The molecule has 0 aromatic rings. The summed E-state index contributed by atoms with van der Waals surface area (Å²) in [5.41, 5.74) is 0. The monoisotopic (exact) mass is 209 g/mol. The molecule has 1 atom stereocenters. The maximum absolute atomic E-state index is 11.9. The maximum atomic E-state index is 11.9. The lowest BCUT2D eigenvalue weighted by Gasteiger charge is -2.28. The normalized spacial score (nSPS) is 25.7. The Morgan fingerprint density at radius 1 is 1.33 bits per heavy atom. The van der Waals surface area contributed by atoms with Crippen LogP contribution in [0.3, 0.4) is 0 Å². The van der Waals surface area contributed by atoms with Crippen molar-refractivity contribution in [2.24, 2.45) is 5.92 Å². The number of likely N-dealkylation sites (tertiary alicyclic amines) is 1. The summed E-state index contributed by atoms with van der Waals surface area (Å²) in [5.74, 6) is 0.560. The van der Waals surface area contributed by atoms with Gasteiger partial charge in [0.1, 0.15) is 0 Å². The standard InChI is InChI=1S/C12H21N2O/c1-14-8-6-10(7-9-14)12(15)13-11-4-2-3-5-11/h2,10-11H,3-9H2,1H3,(H,13,15). The number of nitrogens with zero attached hydrogens (tertiary/aromatic N) is 1. The molecular formula is C12H21N2O. The summed E-state index contributed by atoms with van der Waals surface area (Å²) in [5, 5.41) is 3.17. The Morgan fingerprint density at radius 2 is 2.07 bits per heavy atom. The predicted molar refractivity (Wildman–Crippen MR) is 60.3 cm³/mol. The van der Waals surface area contributed by atoms with Gasteiger partial charge in [0.05, 0.1) is 0 Å². The summed E-state index contributed by atoms with van der Waals surface area (Å²) < 4.78 is 0. The van der Waals surface area contributed by atoms with E-state index >= 15 is 0 Å². The first kappa shape index (κ1) is 10.9. The van der Waals surface area contributed by atoms with Crippen LogP contribution >= 0.6 is 0 Å². The van der Waals surface area contributed by atoms with Crippen LogP contribution in [-0.4, -0.2) is 37.0 Å². The Balaban J connectivity index is 1.75. The molecule has 85 valence electrons. The van der Waals surface area contributed by atoms with Gasteiger partial charge in [0.25, 0.3) is 0 Å².